The number of aliphatic hydroxyl groups excluding tert-OH is 3. The fourth-order valence-corrected chi connectivity index (χ4v) is 2.90. The van der Waals surface area contributed by atoms with Crippen molar-refractivity contribution in [3.05, 3.63) is 43.0 Å². The molecule has 0 aliphatic carbocycles. The zero-order valence-electron chi connectivity index (χ0n) is 13.1. The van der Waals surface area contributed by atoms with Crippen molar-refractivity contribution in [3.8, 4) is 0 Å². The van der Waals surface area contributed by atoms with Gasteiger partial charge in [0.05, 0.1) is 12.9 Å². The smallest absolute Gasteiger partial charge is 0.167 e. The Kier molecular flexibility index (Phi) is 4.06. The first kappa shape index (κ1) is 15.9. The van der Waals surface area contributed by atoms with Crippen molar-refractivity contribution < 1.29 is 20.1 Å². The third kappa shape index (κ3) is 2.72. The van der Waals surface area contributed by atoms with Gasteiger partial charge in [0, 0.05) is 5.69 Å². The normalized spacial score (nSPS) is 26.2. The third-order valence-corrected chi connectivity index (χ3v) is 4.19. The minimum Gasteiger partial charge on any atom is -0.394 e. The monoisotopic (exact) mass is 343 g/mol. The molecular weight excluding hydrogens is 326 g/mol. The minimum absolute atomic E-state index is 0.392. The van der Waals surface area contributed by atoms with Gasteiger partial charge in [-0.15, -0.1) is 0 Å². The van der Waals surface area contributed by atoms with Crippen LogP contribution in [0.5, 0.6) is 0 Å². The number of aromatic nitrogens is 4. The number of fused-ring (bicyclic) bond motifs is 1. The number of hydrogen-bond acceptors (Lipinski definition) is 8. The van der Waals surface area contributed by atoms with Crippen molar-refractivity contribution in [3.63, 3.8) is 0 Å². The molecule has 1 aromatic carbocycles. The number of aliphatic hydroxyl groups is 3. The van der Waals surface area contributed by atoms with Crippen LogP contribution in [0.3, 0.4) is 0 Å². The molecule has 4 N–H and O–H groups in total. The summed E-state index contributed by atoms with van der Waals surface area (Å²) in [7, 11) is 0. The molecule has 9 nitrogen and oxygen atoms in total. The first-order chi connectivity index (χ1) is 12.2. The summed E-state index contributed by atoms with van der Waals surface area (Å²) in [5, 5.41) is 32.5. The Morgan fingerprint density at radius 1 is 1.08 bits per heavy atom. The molecule has 0 saturated carbocycles. The summed E-state index contributed by atoms with van der Waals surface area (Å²) in [6, 6.07) is 9.52. The molecule has 4 rings (SSSR count). The standard InChI is InChI=1S/C16H17N5O4/c22-6-10-12(23)13(24)16(25-10)21-8-19-11-14(17-7-18-15(11)21)20-9-4-2-1-3-5-9/h1-5,7-8,10,12-13,16,22-24H,6H2,(H,17,18,20)/t10-,12+,13+,16-/m0/s1. The Hall–Kier alpha value is -2.59. The summed E-state index contributed by atoms with van der Waals surface area (Å²) in [6.45, 7) is -0.392. The fourth-order valence-electron chi connectivity index (χ4n) is 2.90. The zero-order chi connectivity index (χ0) is 17.4. The van der Waals surface area contributed by atoms with E-state index in [2.05, 4.69) is 20.3 Å². The fraction of sp³-hybridized carbons (Fsp3) is 0.312. The van der Waals surface area contributed by atoms with E-state index in [0.29, 0.717) is 17.0 Å². The van der Waals surface area contributed by atoms with E-state index in [-0.39, 0.29) is 0 Å². The van der Waals surface area contributed by atoms with E-state index in [1.165, 1.54) is 17.2 Å². The number of ether oxygens (including phenoxy) is 1. The van der Waals surface area contributed by atoms with Gasteiger partial charge < -0.3 is 25.4 Å². The van der Waals surface area contributed by atoms with E-state index in [1.807, 2.05) is 30.3 Å². The molecule has 9 heteroatoms. The van der Waals surface area contributed by atoms with Gasteiger partial charge in [-0.3, -0.25) is 4.57 Å². The molecule has 3 aromatic rings. The van der Waals surface area contributed by atoms with Gasteiger partial charge in [0.2, 0.25) is 0 Å². The molecule has 1 fully saturated rings. The highest BCUT2D eigenvalue weighted by Gasteiger charge is 2.44. The summed E-state index contributed by atoms with van der Waals surface area (Å²) in [4.78, 5) is 12.7. The summed E-state index contributed by atoms with van der Waals surface area (Å²) < 4.78 is 7.06. The lowest BCUT2D eigenvalue weighted by molar-refractivity contribution is -0.0511. The number of rotatable bonds is 4. The summed E-state index contributed by atoms with van der Waals surface area (Å²) in [6.07, 6.45) is -1.28. The van der Waals surface area contributed by atoms with Gasteiger partial charge in [0.25, 0.3) is 0 Å². The van der Waals surface area contributed by atoms with E-state index in [4.69, 9.17) is 4.74 Å². The SMILES string of the molecule is OC[C@@H]1O[C@H](n2cnc3c(Nc4ccccc4)ncnc32)[C@H](O)[C@@H]1O. The summed E-state index contributed by atoms with van der Waals surface area (Å²) in [5.41, 5.74) is 1.80. The molecule has 0 bridgehead atoms. The van der Waals surface area contributed by atoms with Gasteiger partial charge >= 0.3 is 0 Å². The Morgan fingerprint density at radius 2 is 1.88 bits per heavy atom. The average molecular weight is 343 g/mol. The van der Waals surface area contributed by atoms with Gasteiger partial charge in [-0.05, 0) is 12.1 Å². The van der Waals surface area contributed by atoms with Crippen molar-refractivity contribution in [1.29, 1.82) is 0 Å². The third-order valence-electron chi connectivity index (χ3n) is 4.19. The zero-order valence-corrected chi connectivity index (χ0v) is 13.1. The number of benzene rings is 1. The van der Waals surface area contributed by atoms with E-state index < -0.39 is 31.1 Å². The van der Waals surface area contributed by atoms with Crippen molar-refractivity contribution in [1.82, 2.24) is 19.5 Å². The molecule has 0 unspecified atom stereocenters. The van der Waals surface area contributed by atoms with Gasteiger partial charge in [-0.25, -0.2) is 15.0 Å². The van der Waals surface area contributed by atoms with Gasteiger partial charge in [0.15, 0.2) is 23.2 Å². The Labute approximate surface area is 142 Å². The second-order valence-corrected chi connectivity index (χ2v) is 5.77. The van der Waals surface area contributed by atoms with E-state index in [0.717, 1.165) is 5.69 Å². The highest BCUT2D eigenvalue weighted by Crippen LogP contribution is 2.32. The van der Waals surface area contributed by atoms with Gasteiger partial charge in [-0.2, -0.15) is 0 Å². The topological polar surface area (TPSA) is 126 Å². The minimum atomic E-state index is -1.20. The molecule has 130 valence electrons. The van der Waals surface area contributed by atoms with Crippen molar-refractivity contribution in [2.45, 2.75) is 24.5 Å². The number of hydrogen-bond donors (Lipinski definition) is 4. The maximum Gasteiger partial charge on any atom is 0.167 e. The lowest BCUT2D eigenvalue weighted by Gasteiger charge is -2.16. The molecule has 25 heavy (non-hydrogen) atoms. The first-order valence-electron chi connectivity index (χ1n) is 7.81. The maximum absolute atomic E-state index is 10.2. The predicted octanol–water partition coefficient (Wildman–Crippen LogP) is 0.181. The van der Waals surface area contributed by atoms with E-state index in [9.17, 15) is 15.3 Å². The molecule has 0 amide bonds. The van der Waals surface area contributed by atoms with Gasteiger partial charge in [-0.1, -0.05) is 18.2 Å². The molecule has 0 radical (unpaired) electrons. The van der Waals surface area contributed by atoms with Crippen LogP contribution >= 0.6 is 0 Å². The lowest BCUT2D eigenvalue weighted by Crippen LogP contribution is -2.33. The van der Waals surface area contributed by atoms with E-state index in [1.54, 1.807) is 0 Å². The van der Waals surface area contributed by atoms with Crippen LogP contribution < -0.4 is 5.32 Å². The van der Waals surface area contributed by atoms with Crippen LogP contribution in [0, 0.1) is 0 Å². The molecule has 3 heterocycles. The summed E-state index contributed by atoms with van der Waals surface area (Å²) in [5.74, 6) is 0.515. The Bertz CT molecular complexity index is 871. The van der Waals surface area contributed by atoms with Crippen LogP contribution in [0.1, 0.15) is 6.23 Å². The predicted molar refractivity (Wildman–Crippen MR) is 88.1 cm³/mol. The number of nitrogens with one attached hydrogen (secondary N) is 1. The van der Waals surface area contributed by atoms with Crippen LogP contribution in [0.2, 0.25) is 0 Å². The molecule has 1 aliphatic heterocycles. The second-order valence-electron chi connectivity index (χ2n) is 5.77. The van der Waals surface area contributed by atoms with Crippen LogP contribution in [-0.4, -0.2) is 59.8 Å². The Balaban J connectivity index is 1.70. The number of nitrogens with zero attached hydrogens (tertiary/aromatic N) is 4. The van der Waals surface area contributed by atoms with Crippen LogP contribution in [0.25, 0.3) is 11.2 Å². The highest BCUT2D eigenvalue weighted by atomic mass is 16.6. The molecular formula is C16H17N5O4. The molecule has 1 aliphatic rings. The number of para-hydroxylation sites is 1. The largest absolute Gasteiger partial charge is 0.394 e. The Morgan fingerprint density at radius 3 is 2.60 bits per heavy atom. The lowest BCUT2D eigenvalue weighted by atomic mass is 10.1. The summed E-state index contributed by atoms with van der Waals surface area (Å²) >= 11 is 0. The van der Waals surface area contributed by atoms with Crippen LogP contribution in [0.4, 0.5) is 11.5 Å². The molecule has 4 atom stereocenters. The van der Waals surface area contributed by atoms with Crippen LogP contribution in [0.15, 0.2) is 43.0 Å². The molecule has 0 spiro atoms. The molecule has 2 aromatic heterocycles. The first-order valence-corrected chi connectivity index (χ1v) is 7.81. The maximum atomic E-state index is 10.2. The number of imidazole rings is 1. The van der Waals surface area contributed by atoms with Crippen molar-refractivity contribution >= 4 is 22.7 Å². The molecule has 1 saturated heterocycles. The quantitative estimate of drug-likeness (QED) is 0.529. The van der Waals surface area contributed by atoms with Gasteiger partial charge in [0.1, 0.15) is 24.6 Å². The van der Waals surface area contributed by atoms with Crippen LogP contribution in [-0.2, 0) is 4.74 Å². The second kappa shape index (κ2) is 6.37. The van der Waals surface area contributed by atoms with Crippen molar-refractivity contribution in [2.24, 2.45) is 0 Å². The highest BCUT2D eigenvalue weighted by molar-refractivity contribution is 5.85. The van der Waals surface area contributed by atoms with Crippen molar-refractivity contribution in [2.75, 3.05) is 11.9 Å². The van der Waals surface area contributed by atoms with E-state index >= 15 is 0 Å². The number of anilines is 2. The average Bonchev–Trinajstić information content (AvgIpc) is 3.18.